The summed E-state index contributed by atoms with van der Waals surface area (Å²) in [6.45, 7) is 4.29. The van der Waals surface area contributed by atoms with Crippen LogP contribution in [-0.4, -0.2) is 43.4 Å². The molecule has 5 nitrogen and oxygen atoms in total. The van der Waals surface area contributed by atoms with Gasteiger partial charge in [0.2, 0.25) is 0 Å². The molecule has 0 amide bonds. The molecule has 2 aliphatic rings. The van der Waals surface area contributed by atoms with Gasteiger partial charge in [0.25, 0.3) is 0 Å². The Kier molecular flexibility index (Phi) is 3.87. The minimum Gasteiger partial charge on any atom is -0.383 e. The number of fused-ring (bicyclic) bond motifs is 1. The number of ether oxygens (including phenoxy) is 4. The summed E-state index contributed by atoms with van der Waals surface area (Å²) >= 11 is 0. The van der Waals surface area contributed by atoms with Gasteiger partial charge in [0.05, 0.1) is 6.61 Å². The molecule has 0 aromatic heterocycles. The van der Waals surface area contributed by atoms with Crippen LogP contribution >= 0.6 is 0 Å². The maximum Gasteiger partial charge on any atom is 0.187 e. The first-order chi connectivity index (χ1) is 9.70. The molecule has 0 aliphatic carbocycles. The second-order valence-electron chi connectivity index (χ2n) is 4.93. The Hall–Kier alpha value is -1.24. The first-order valence-corrected chi connectivity index (χ1v) is 6.57. The van der Waals surface area contributed by atoms with Crippen molar-refractivity contribution >= 4 is 0 Å². The van der Waals surface area contributed by atoms with Crippen LogP contribution in [0, 0.1) is 0 Å². The van der Waals surface area contributed by atoms with Crippen molar-refractivity contribution in [1.29, 1.82) is 0 Å². The lowest BCUT2D eigenvalue weighted by Gasteiger charge is -2.44. The van der Waals surface area contributed by atoms with Gasteiger partial charge in [-0.25, -0.2) is 0 Å². The highest BCUT2D eigenvalue weighted by atomic mass is 16.7. The Bertz CT molecular complexity index is 474. The summed E-state index contributed by atoms with van der Waals surface area (Å²) in [5, 5.41) is 10.1. The Balaban J connectivity index is 1.76. The predicted molar refractivity (Wildman–Crippen MR) is 70.8 cm³/mol. The fourth-order valence-electron chi connectivity index (χ4n) is 2.53. The molecule has 0 unspecified atom stereocenters. The van der Waals surface area contributed by atoms with Crippen LogP contribution in [0.2, 0.25) is 0 Å². The molecule has 20 heavy (non-hydrogen) atoms. The molecule has 0 radical (unpaired) electrons. The molecule has 5 heteroatoms. The Morgan fingerprint density at radius 3 is 2.70 bits per heavy atom. The molecule has 1 aromatic rings. The fourth-order valence-corrected chi connectivity index (χ4v) is 2.53. The summed E-state index contributed by atoms with van der Waals surface area (Å²) in [5.41, 5.74) is 1.50. The number of benzene rings is 1. The van der Waals surface area contributed by atoms with Crippen LogP contribution < -0.4 is 0 Å². The van der Waals surface area contributed by atoms with Crippen molar-refractivity contribution < 1.29 is 24.1 Å². The third-order valence-corrected chi connectivity index (χ3v) is 3.64. The summed E-state index contributed by atoms with van der Waals surface area (Å²) in [7, 11) is 1.48. The molecule has 0 spiro atoms. The first-order valence-electron chi connectivity index (χ1n) is 6.57. The third kappa shape index (κ3) is 2.39. The van der Waals surface area contributed by atoms with E-state index in [0.29, 0.717) is 12.2 Å². The van der Waals surface area contributed by atoms with Crippen LogP contribution in [0.3, 0.4) is 0 Å². The van der Waals surface area contributed by atoms with Gasteiger partial charge in [-0.15, -0.1) is 0 Å². The Labute approximate surface area is 117 Å². The van der Waals surface area contributed by atoms with Gasteiger partial charge in [-0.2, -0.15) is 0 Å². The van der Waals surface area contributed by atoms with Gasteiger partial charge in [0.15, 0.2) is 12.6 Å². The van der Waals surface area contributed by atoms with Gasteiger partial charge < -0.3 is 24.1 Å². The molecule has 108 valence electrons. The van der Waals surface area contributed by atoms with Crippen molar-refractivity contribution in [1.82, 2.24) is 0 Å². The number of rotatable bonds is 2. The van der Waals surface area contributed by atoms with Crippen LogP contribution in [-0.2, 0) is 18.9 Å². The zero-order valence-electron chi connectivity index (χ0n) is 11.3. The van der Waals surface area contributed by atoms with E-state index in [1.165, 1.54) is 7.11 Å². The molecule has 2 aliphatic heterocycles. The fraction of sp³-hybridized carbons (Fsp3) is 0.467. The highest BCUT2D eigenvalue weighted by Crippen LogP contribution is 2.35. The highest BCUT2D eigenvalue weighted by molar-refractivity contribution is 5.20. The van der Waals surface area contributed by atoms with Gasteiger partial charge in [-0.05, 0) is 5.57 Å². The molecule has 3 rings (SSSR count). The lowest BCUT2D eigenvalue weighted by Crippen LogP contribution is -2.54. The van der Waals surface area contributed by atoms with Crippen molar-refractivity contribution in [2.75, 3.05) is 13.7 Å². The molecule has 1 aromatic carbocycles. The topological polar surface area (TPSA) is 57.2 Å². The van der Waals surface area contributed by atoms with Gasteiger partial charge >= 0.3 is 0 Å². The van der Waals surface area contributed by atoms with Crippen molar-refractivity contribution in [2.45, 2.75) is 30.9 Å². The zero-order chi connectivity index (χ0) is 14.1. The zero-order valence-corrected chi connectivity index (χ0v) is 11.3. The SMILES string of the molecule is C=C1[C@@H](O)[C@@H](OC)O[C@@H]2CO[C@@H](c3ccccc3)O[C@@H]12. The third-order valence-electron chi connectivity index (χ3n) is 3.64. The van der Waals surface area contributed by atoms with E-state index < -0.39 is 24.8 Å². The van der Waals surface area contributed by atoms with E-state index >= 15 is 0 Å². The van der Waals surface area contributed by atoms with E-state index in [1.54, 1.807) is 0 Å². The van der Waals surface area contributed by atoms with Crippen molar-refractivity contribution in [2.24, 2.45) is 0 Å². The van der Waals surface area contributed by atoms with Crippen molar-refractivity contribution in [3.8, 4) is 0 Å². The second-order valence-corrected chi connectivity index (χ2v) is 4.93. The lowest BCUT2D eigenvalue weighted by atomic mass is 9.96. The van der Waals surface area contributed by atoms with Gasteiger partial charge in [-0.1, -0.05) is 36.9 Å². The van der Waals surface area contributed by atoms with Gasteiger partial charge in [0, 0.05) is 12.7 Å². The maximum atomic E-state index is 10.1. The number of aliphatic hydroxyl groups excluding tert-OH is 1. The molecule has 2 fully saturated rings. The van der Waals surface area contributed by atoms with Crippen molar-refractivity contribution in [3.63, 3.8) is 0 Å². The standard InChI is InChI=1S/C15H18O5/c1-9-12(16)15(17-2)19-11-8-18-14(20-13(9)11)10-6-4-3-5-7-10/h3-7,11-16H,1,8H2,2H3/t11-,12-,13+,14-,15+/m1/s1. The first kappa shape index (κ1) is 13.7. The van der Waals surface area contributed by atoms with Crippen LogP contribution in [0.25, 0.3) is 0 Å². The molecule has 2 heterocycles. The Morgan fingerprint density at radius 2 is 2.00 bits per heavy atom. The van der Waals surface area contributed by atoms with E-state index in [0.717, 1.165) is 5.56 Å². The Morgan fingerprint density at radius 1 is 1.25 bits per heavy atom. The summed E-state index contributed by atoms with van der Waals surface area (Å²) < 4.78 is 22.3. The number of methoxy groups -OCH3 is 1. The van der Waals surface area contributed by atoms with E-state index in [4.69, 9.17) is 18.9 Å². The second kappa shape index (κ2) is 5.63. The minimum atomic E-state index is -0.893. The normalized spacial score (nSPS) is 37.5. The smallest absolute Gasteiger partial charge is 0.187 e. The van der Waals surface area contributed by atoms with E-state index in [-0.39, 0.29) is 6.10 Å². The summed E-state index contributed by atoms with van der Waals surface area (Å²) in [6, 6.07) is 9.66. The summed E-state index contributed by atoms with van der Waals surface area (Å²) in [6.07, 6.45) is -2.78. The van der Waals surface area contributed by atoms with Crippen LogP contribution in [0.15, 0.2) is 42.5 Å². The van der Waals surface area contributed by atoms with E-state index in [9.17, 15) is 5.11 Å². The monoisotopic (exact) mass is 278 g/mol. The van der Waals surface area contributed by atoms with Crippen LogP contribution in [0.4, 0.5) is 0 Å². The molecular weight excluding hydrogens is 260 g/mol. The average molecular weight is 278 g/mol. The number of aliphatic hydroxyl groups is 1. The highest BCUT2D eigenvalue weighted by Gasteiger charge is 2.45. The molecule has 2 saturated heterocycles. The van der Waals surface area contributed by atoms with E-state index in [1.807, 2.05) is 30.3 Å². The van der Waals surface area contributed by atoms with Crippen LogP contribution in [0.1, 0.15) is 11.9 Å². The molecular formula is C15H18O5. The largest absolute Gasteiger partial charge is 0.383 e. The molecule has 1 N–H and O–H groups in total. The van der Waals surface area contributed by atoms with Crippen molar-refractivity contribution in [3.05, 3.63) is 48.0 Å². The maximum absolute atomic E-state index is 10.1. The molecule has 0 bridgehead atoms. The molecule has 5 atom stereocenters. The van der Waals surface area contributed by atoms with E-state index in [2.05, 4.69) is 6.58 Å². The lowest BCUT2D eigenvalue weighted by molar-refractivity contribution is -0.314. The summed E-state index contributed by atoms with van der Waals surface area (Å²) in [4.78, 5) is 0. The predicted octanol–water partition coefficient (Wildman–Crippen LogP) is 1.39. The number of hydrogen-bond donors (Lipinski definition) is 1. The quantitative estimate of drug-likeness (QED) is 0.828. The average Bonchev–Trinajstić information content (AvgIpc) is 2.51. The molecule has 0 saturated carbocycles. The van der Waals surface area contributed by atoms with Crippen LogP contribution in [0.5, 0.6) is 0 Å². The summed E-state index contributed by atoms with van der Waals surface area (Å²) in [5.74, 6) is 0. The van der Waals surface area contributed by atoms with Gasteiger partial charge in [-0.3, -0.25) is 0 Å². The number of hydrogen-bond acceptors (Lipinski definition) is 5. The minimum absolute atomic E-state index is 0.309. The van der Waals surface area contributed by atoms with Gasteiger partial charge in [0.1, 0.15) is 18.3 Å².